The highest BCUT2D eigenvalue weighted by molar-refractivity contribution is 6.33. The molecule has 0 amide bonds. The second-order valence-corrected chi connectivity index (χ2v) is 4.72. The summed E-state index contributed by atoms with van der Waals surface area (Å²) in [6.45, 7) is 0. The third-order valence-electron chi connectivity index (χ3n) is 2.85. The second-order valence-electron chi connectivity index (χ2n) is 3.95. The van der Waals surface area contributed by atoms with Gasteiger partial charge in [-0.3, -0.25) is 4.98 Å². The van der Waals surface area contributed by atoms with E-state index >= 15 is 0 Å². The molecule has 3 nitrogen and oxygen atoms in total. The van der Waals surface area contributed by atoms with Crippen molar-refractivity contribution in [3.63, 3.8) is 0 Å². The number of rotatable bonds is 1. The summed E-state index contributed by atoms with van der Waals surface area (Å²) in [5, 5.41) is 1.07. The maximum absolute atomic E-state index is 6.16. The van der Waals surface area contributed by atoms with Crippen molar-refractivity contribution in [2.45, 2.75) is 19.3 Å². The summed E-state index contributed by atoms with van der Waals surface area (Å²) in [6, 6.07) is 3.55. The minimum Gasteiger partial charge on any atom is -0.251 e. The third kappa shape index (κ3) is 1.90. The molecule has 17 heavy (non-hydrogen) atoms. The van der Waals surface area contributed by atoms with Crippen molar-refractivity contribution in [3.05, 3.63) is 39.8 Å². The van der Waals surface area contributed by atoms with Gasteiger partial charge in [-0.2, -0.15) is 0 Å². The summed E-state index contributed by atoms with van der Waals surface area (Å²) in [5.74, 6) is 0.515. The summed E-state index contributed by atoms with van der Waals surface area (Å²) in [5.41, 5.74) is 2.69. The topological polar surface area (TPSA) is 38.7 Å². The lowest BCUT2D eigenvalue weighted by molar-refractivity contribution is 0.899. The SMILES string of the molecule is Clc1cccnc1-c1nc(Cl)c2c(n1)CCC2. The number of hydrogen-bond acceptors (Lipinski definition) is 3. The minimum atomic E-state index is 0.515. The van der Waals surface area contributed by atoms with Gasteiger partial charge in [0.15, 0.2) is 5.82 Å². The predicted molar refractivity (Wildman–Crippen MR) is 67.3 cm³/mol. The Morgan fingerprint density at radius 2 is 2.00 bits per heavy atom. The summed E-state index contributed by atoms with van der Waals surface area (Å²) in [7, 11) is 0. The Morgan fingerprint density at radius 3 is 2.82 bits per heavy atom. The zero-order valence-corrected chi connectivity index (χ0v) is 10.5. The van der Waals surface area contributed by atoms with Crippen molar-refractivity contribution in [1.82, 2.24) is 15.0 Å². The van der Waals surface area contributed by atoms with E-state index in [1.54, 1.807) is 18.3 Å². The Balaban J connectivity index is 2.17. The lowest BCUT2D eigenvalue weighted by Crippen LogP contribution is -1.99. The Bertz CT molecular complexity index is 584. The van der Waals surface area contributed by atoms with Crippen LogP contribution in [-0.4, -0.2) is 15.0 Å². The molecule has 0 fully saturated rings. The quantitative estimate of drug-likeness (QED) is 0.743. The van der Waals surface area contributed by atoms with Gasteiger partial charge in [0.05, 0.1) is 5.02 Å². The number of fused-ring (bicyclic) bond motifs is 1. The van der Waals surface area contributed by atoms with E-state index in [0.717, 1.165) is 30.5 Å². The summed E-state index contributed by atoms with van der Waals surface area (Å²) in [4.78, 5) is 13.0. The highest BCUT2D eigenvalue weighted by Crippen LogP contribution is 2.30. The molecule has 0 saturated heterocycles. The molecule has 0 atom stereocenters. The molecule has 0 bridgehead atoms. The summed E-state index contributed by atoms with van der Waals surface area (Å²) >= 11 is 12.2. The van der Waals surface area contributed by atoms with Gasteiger partial charge < -0.3 is 0 Å². The fourth-order valence-corrected chi connectivity index (χ4v) is 2.53. The van der Waals surface area contributed by atoms with Crippen LogP contribution in [0, 0.1) is 0 Å². The first-order chi connectivity index (χ1) is 8.25. The number of aromatic nitrogens is 3. The molecule has 0 spiro atoms. The lowest BCUT2D eigenvalue weighted by Gasteiger charge is -2.06. The van der Waals surface area contributed by atoms with Gasteiger partial charge >= 0.3 is 0 Å². The van der Waals surface area contributed by atoms with Gasteiger partial charge in [-0.1, -0.05) is 23.2 Å². The van der Waals surface area contributed by atoms with Crippen LogP contribution in [0.1, 0.15) is 17.7 Å². The number of nitrogens with zero attached hydrogens (tertiary/aromatic N) is 3. The molecule has 2 aromatic heterocycles. The second kappa shape index (κ2) is 4.24. The molecule has 0 radical (unpaired) electrons. The fourth-order valence-electron chi connectivity index (χ4n) is 2.04. The van der Waals surface area contributed by atoms with Gasteiger partial charge in [0.25, 0.3) is 0 Å². The molecular weight excluding hydrogens is 257 g/mol. The first-order valence-electron chi connectivity index (χ1n) is 5.42. The van der Waals surface area contributed by atoms with Crippen LogP contribution < -0.4 is 0 Å². The molecule has 0 aromatic carbocycles. The van der Waals surface area contributed by atoms with E-state index in [1.165, 1.54) is 0 Å². The zero-order chi connectivity index (χ0) is 11.8. The molecule has 1 aliphatic rings. The van der Waals surface area contributed by atoms with Gasteiger partial charge in [-0.15, -0.1) is 0 Å². The van der Waals surface area contributed by atoms with Crippen molar-refractivity contribution < 1.29 is 0 Å². The van der Waals surface area contributed by atoms with E-state index in [4.69, 9.17) is 23.2 Å². The van der Waals surface area contributed by atoms with Gasteiger partial charge in [-0.05, 0) is 31.4 Å². The monoisotopic (exact) mass is 265 g/mol. The third-order valence-corrected chi connectivity index (χ3v) is 3.47. The van der Waals surface area contributed by atoms with Crippen molar-refractivity contribution >= 4 is 23.2 Å². The zero-order valence-electron chi connectivity index (χ0n) is 8.95. The minimum absolute atomic E-state index is 0.515. The number of pyridine rings is 1. The van der Waals surface area contributed by atoms with Crippen molar-refractivity contribution in [3.8, 4) is 11.5 Å². The van der Waals surface area contributed by atoms with Crippen molar-refractivity contribution in [2.75, 3.05) is 0 Å². The molecule has 1 aliphatic carbocycles. The highest BCUT2D eigenvalue weighted by Gasteiger charge is 2.19. The molecule has 0 aliphatic heterocycles. The normalized spacial score (nSPS) is 13.8. The van der Waals surface area contributed by atoms with Gasteiger partial charge in [-0.25, -0.2) is 9.97 Å². The predicted octanol–water partition coefficient (Wildman–Crippen LogP) is 3.33. The van der Waals surface area contributed by atoms with Crippen LogP contribution in [0.15, 0.2) is 18.3 Å². The van der Waals surface area contributed by atoms with Gasteiger partial charge in [0, 0.05) is 17.5 Å². The Morgan fingerprint density at radius 1 is 1.12 bits per heavy atom. The average molecular weight is 266 g/mol. The average Bonchev–Trinajstić information content (AvgIpc) is 2.78. The maximum atomic E-state index is 6.16. The largest absolute Gasteiger partial charge is 0.251 e. The molecule has 86 valence electrons. The van der Waals surface area contributed by atoms with E-state index in [1.807, 2.05) is 0 Å². The Labute approximate surface area is 109 Å². The standard InChI is InChI=1S/C12H9Cl2N3/c13-8-4-2-6-15-10(8)12-16-9-5-1-3-7(9)11(14)17-12/h2,4,6H,1,3,5H2. The van der Waals surface area contributed by atoms with E-state index in [0.29, 0.717) is 21.7 Å². The van der Waals surface area contributed by atoms with Crippen LogP contribution in [-0.2, 0) is 12.8 Å². The van der Waals surface area contributed by atoms with Crippen molar-refractivity contribution in [1.29, 1.82) is 0 Å². The number of hydrogen-bond donors (Lipinski definition) is 0. The van der Waals surface area contributed by atoms with Crippen LogP contribution in [0.4, 0.5) is 0 Å². The molecule has 3 rings (SSSR count). The van der Waals surface area contributed by atoms with E-state index in [9.17, 15) is 0 Å². The Hall–Kier alpha value is -1.19. The first kappa shape index (κ1) is 10.9. The molecule has 0 unspecified atom stereocenters. The van der Waals surface area contributed by atoms with E-state index in [-0.39, 0.29) is 0 Å². The maximum Gasteiger partial charge on any atom is 0.181 e. The molecule has 5 heteroatoms. The smallest absolute Gasteiger partial charge is 0.181 e. The van der Waals surface area contributed by atoms with Crippen LogP contribution in [0.25, 0.3) is 11.5 Å². The molecular formula is C12H9Cl2N3. The fraction of sp³-hybridized carbons (Fsp3) is 0.250. The van der Waals surface area contributed by atoms with Crippen LogP contribution in [0.3, 0.4) is 0 Å². The molecule has 0 N–H and O–H groups in total. The molecule has 2 aromatic rings. The Kier molecular flexibility index (Phi) is 2.73. The molecule has 2 heterocycles. The van der Waals surface area contributed by atoms with Crippen LogP contribution in [0.2, 0.25) is 10.2 Å². The highest BCUT2D eigenvalue weighted by atomic mass is 35.5. The summed E-state index contributed by atoms with van der Waals surface area (Å²) < 4.78 is 0. The number of halogens is 2. The summed E-state index contributed by atoms with van der Waals surface area (Å²) in [6.07, 6.45) is 4.67. The van der Waals surface area contributed by atoms with E-state index < -0.39 is 0 Å². The number of aryl methyl sites for hydroxylation is 1. The van der Waals surface area contributed by atoms with Crippen LogP contribution in [0.5, 0.6) is 0 Å². The van der Waals surface area contributed by atoms with Crippen molar-refractivity contribution in [2.24, 2.45) is 0 Å². The van der Waals surface area contributed by atoms with Gasteiger partial charge in [0.1, 0.15) is 10.8 Å². The van der Waals surface area contributed by atoms with Gasteiger partial charge in [0.2, 0.25) is 0 Å². The first-order valence-corrected chi connectivity index (χ1v) is 6.17. The van der Waals surface area contributed by atoms with E-state index in [2.05, 4.69) is 15.0 Å². The molecule has 0 saturated carbocycles. The van der Waals surface area contributed by atoms with Crippen LogP contribution >= 0.6 is 23.2 Å². The lowest BCUT2D eigenvalue weighted by atomic mass is 10.2.